The third-order valence-corrected chi connectivity index (χ3v) is 4.25. The number of ether oxygens (including phenoxy) is 1. The van der Waals surface area contributed by atoms with Crippen LogP contribution in [0.1, 0.15) is 22.9 Å². The molecule has 0 radical (unpaired) electrons. The van der Waals surface area contributed by atoms with E-state index in [0.717, 1.165) is 10.9 Å². The Bertz CT molecular complexity index is 751. The van der Waals surface area contributed by atoms with Crippen LogP contribution in [0, 0.1) is 0 Å². The molecule has 140 valence electrons. The zero-order chi connectivity index (χ0) is 19.2. The first-order valence-electron chi connectivity index (χ1n) is 7.44. The van der Waals surface area contributed by atoms with Gasteiger partial charge in [0.2, 0.25) is 5.91 Å². The van der Waals surface area contributed by atoms with E-state index in [-0.39, 0.29) is 24.3 Å². The maximum atomic E-state index is 12.4. The number of hydrogen-bond acceptors (Lipinski definition) is 4. The summed E-state index contributed by atoms with van der Waals surface area (Å²) in [5, 5.41) is 6.77. The van der Waals surface area contributed by atoms with Crippen LogP contribution in [0.5, 0.6) is 5.75 Å². The van der Waals surface area contributed by atoms with Crippen LogP contribution in [-0.2, 0) is 11.3 Å². The molecule has 1 atom stereocenters. The maximum absolute atomic E-state index is 12.4. The largest absolute Gasteiger partial charge is 0.573 e. The average Bonchev–Trinajstić information content (AvgIpc) is 3.06. The number of benzene rings is 1. The van der Waals surface area contributed by atoms with Gasteiger partial charge in [0, 0.05) is 17.0 Å². The van der Waals surface area contributed by atoms with Gasteiger partial charge in [0.1, 0.15) is 5.75 Å². The van der Waals surface area contributed by atoms with E-state index in [1.807, 2.05) is 0 Å². The Morgan fingerprint density at radius 3 is 2.54 bits per heavy atom. The van der Waals surface area contributed by atoms with E-state index in [1.54, 1.807) is 17.5 Å². The minimum absolute atomic E-state index is 0.105. The van der Waals surface area contributed by atoms with Crippen LogP contribution in [-0.4, -0.2) is 18.3 Å². The molecular formula is C16H16F3N3O3S. The van der Waals surface area contributed by atoms with Gasteiger partial charge in [-0.25, -0.2) is 4.79 Å². The zero-order valence-corrected chi connectivity index (χ0v) is 14.2. The van der Waals surface area contributed by atoms with E-state index in [1.165, 1.54) is 29.5 Å². The molecule has 0 aliphatic heterocycles. The lowest BCUT2D eigenvalue weighted by molar-refractivity contribution is -0.274. The van der Waals surface area contributed by atoms with Gasteiger partial charge in [0.15, 0.2) is 0 Å². The number of rotatable bonds is 7. The molecule has 0 spiro atoms. The Morgan fingerprint density at radius 2 is 1.92 bits per heavy atom. The maximum Gasteiger partial charge on any atom is 0.573 e. The highest BCUT2D eigenvalue weighted by molar-refractivity contribution is 7.10. The van der Waals surface area contributed by atoms with Crippen molar-refractivity contribution in [3.63, 3.8) is 0 Å². The molecule has 2 rings (SSSR count). The van der Waals surface area contributed by atoms with E-state index in [2.05, 4.69) is 15.4 Å². The lowest BCUT2D eigenvalue weighted by Crippen LogP contribution is -2.36. The van der Waals surface area contributed by atoms with E-state index in [0.29, 0.717) is 0 Å². The first kappa shape index (κ1) is 19.6. The van der Waals surface area contributed by atoms with Gasteiger partial charge in [0.05, 0.1) is 12.5 Å². The van der Waals surface area contributed by atoms with Gasteiger partial charge in [-0.3, -0.25) is 4.79 Å². The fourth-order valence-corrected chi connectivity index (χ4v) is 2.99. The predicted octanol–water partition coefficient (Wildman–Crippen LogP) is 3.06. The SMILES string of the molecule is NC(=O)N[C@@H](CC(=O)NCc1ccccc1OC(F)(F)F)c1cccs1. The van der Waals surface area contributed by atoms with Gasteiger partial charge in [-0.05, 0) is 17.5 Å². The Hall–Kier alpha value is -2.75. The summed E-state index contributed by atoms with van der Waals surface area (Å²) in [5.74, 6) is -0.843. The first-order valence-corrected chi connectivity index (χ1v) is 8.32. The van der Waals surface area contributed by atoms with Gasteiger partial charge >= 0.3 is 12.4 Å². The second-order valence-electron chi connectivity index (χ2n) is 5.21. The number of nitrogens with two attached hydrogens (primary N) is 1. The highest BCUT2D eigenvalue weighted by atomic mass is 32.1. The van der Waals surface area contributed by atoms with E-state index in [4.69, 9.17) is 5.73 Å². The molecule has 6 nitrogen and oxygen atoms in total. The van der Waals surface area contributed by atoms with Crippen molar-refractivity contribution in [3.8, 4) is 5.75 Å². The molecule has 1 heterocycles. The standard InChI is InChI=1S/C16H16F3N3O3S/c17-16(18,19)25-12-5-2-1-4-10(12)9-21-14(23)8-11(22-15(20)24)13-6-3-7-26-13/h1-7,11H,8-9H2,(H,21,23)(H3,20,22,24)/t11-/m0/s1. The highest BCUT2D eigenvalue weighted by Gasteiger charge is 2.32. The van der Waals surface area contributed by atoms with E-state index >= 15 is 0 Å². The number of carbonyl (C=O) groups is 2. The molecule has 1 aromatic heterocycles. The van der Waals surface area contributed by atoms with E-state index in [9.17, 15) is 22.8 Å². The Morgan fingerprint density at radius 1 is 1.19 bits per heavy atom. The molecule has 10 heteroatoms. The molecule has 0 aliphatic rings. The van der Waals surface area contributed by atoms with Crippen molar-refractivity contribution in [1.29, 1.82) is 0 Å². The second kappa shape index (κ2) is 8.56. The summed E-state index contributed by atoms with van der Waals surface area (Å²) in [6, 6.07) is 7.62. The third kappa shape index (κ3) is 6.28. The predicted molar refractivity (Wildman–Crippen MR) is 89.4 cm³/mol. The third-order valence-electron chi connectivity index (χ3n) is 3.27. The molecule has 0 fully saturated rings. The van der Waals surface area contributed by atoms with Crippen LogP contribution in [0.3, 0.4) is 0 Å². The van der Waals surface area contributed by atoms with Gasteiger partial charge in [-0.1, -0.05) is 24.3 Å². The van der Waals surface area contributed by atoms with E-state index < -0.39 is 24.3 Å². The van der Waals surface area contributed by atoms with Crippen molar-refractivity contribution in [2.75, 3.05) is 0 Å². The Labute approximate surface area is 151 Å². The van der Waals surface area contributed by atoms with Crippen molar-refractivity contribution in [1.82, 2.24) is 10.6 Å². The number of carbonyl (C=O) groups excluding carboxylic acids is 2. The van der Waals surface area contributed by atoms with Gasteiger partial charge in [0.25, 0.3) is 0 Å². The molecule has 0 saturated carbocycles. The molecule has 0 unspecified atom stereocenters. The molecule has 0 bridgehead atoms. The van der Waals surface area contributed by atoms with Crippen molar-refractivity contribution in [3.05, 3.63) is 52.2 Å². The molecular weight excluding hydrogens is 371 g/mol. The number of urea groups is 1. The minimum Gasteiger partial charge on any atom is -0.405 e. The van der Waals surface area contributed by atoms with Crippen LogP contribution < -0.4 is 21.1 Å². The summed E-state index contributed by atoms with van der Waals surface area (Å²) >= 11 is 1.34. The monoisotopic (exact) mass is 387 g/mol. The molecule has 4 N–H and O–H groups in total. The lowest BCUT2D eigenvalue weighted by Gasteiger charge is -2.17. The van der Waals surface area contributed by atoms with Gasteiger partial charge in [-0.15, -0.1) is 24.5 Å². The summed E-state index contributed by atoms with van der Waals surface area (Å²) in [6.45, 7) is -0.154. The van der Waals surface area contributed by atoms with Crippen molar-refractivity contribution < 1.29 is 27.5 Å². The molecule has 2 aromatic rings. The van der Waals surface area contributed by atoms with Gasteiger partial charge < -0.3 is 21.1 Å². The highest BCUT2D eigenvalue weighted by Crippen LogP contribution is 2.26. The normalized spacial score (nSPS) is 12.3. The average molecular weight is 387 g/mol. The Kier molecular flexibility index (Phi) is 6.45. The first-order chi connectivity index (χ1) is 12.2. The molecule has 0 saturated heterocycles. The van der Waals surface area contributed by atoms with Crippen LogP contribution in [0.25, 0.3) is 0 Å². The quantitative estimate of drug-likeness (QED) is 0.682. The number of alkyl halides is 3. The number of primary amides is 1. The number of para-hydroxylation sites is 1. The summed E-state index contributed by atoms with van der Waals surface area (Å²) in [6.07, 6.45) is -4.93. The molecule has 0 aliphatic carbocycles. The van der Waals surface area contributed by atoms with Crippen molar-refractivity contribution >= 4 is 23.3 Å². The molecule has 26 heavy (non-hydrogen) atoms. The fourth-order valence-electron chi connectivity index (χ4n) is 2.21. The number of thiophene rings is 1. The van der Waals surface area contributed by atoms with Crippen molar-refractivity contribution in [2.24, 2.45) is 5.73 Å². The smallest absolute Gasteiger partial charge is 0.405 e. The van der Waals surface area contributed by atoms with Gasteiger partial charge in [-0.2, -0.15) is 0 Å². The van der Waals surface area contributed by atoms with Crippen LogP contribution in [0.15, 0.2) is 41.8 Å². The minimum atomic E-state index is -4.82. The summed E-state index contributed by atoms with van der Waals surface area (Å²) in [7, 11) is 0. The summed E-state index contributed by atoms with van der Waals surface area (Å²) in [4.78, 5) is 24.0. The zero-order valence-electron chi connectivity index (χ0n) is 13.4. The lowest BCUT2D eigenvalue weighted by atomic mass is 10.1. The Balaban J connectivity index is 1.99. The van der Waals surface area contributed by atoms with Crippen LogP contribution in [0.2, 0.25) is 0 Å². The number of nitrogens with one attached hydrogen (secondary N) is 2. The molecule has 1 aromatic carbocycles. The van der Waals surface area contributed by atoms with Crippen molar-refractivity contribution in [2.45, 2.75) is 25.4 Å². The number of hydrogen-bond donors (Lipinski definition) is 3. The number of halogens is 3. The second-order valence-corrected chi connectivity index (χ2v) is 6.19. The summed E-state index contributed by atoms with van der Waals surface area (Å²) < 4.78 is 41.2. The van der Waals surface area contributed by atoms with Crippen LogP contribution in [0.4, 0.5) is 18.0 Å². The number of amides is 3. The topological polar surface area (TPSA) is 93.5 Å². The fraction of sp³-hybridized carbons (Fsp3) is 0.250. The molecule has 3 amide bonds. The summed E-state index contributed by atoms with van der Waals surface area (Å²) in [5.41, 5.74) is 5.29. The van der Waals surface area contributed by atoms with Crippen LogP contribution >= 0.6 is 11.3 Å².